The predicted octanol–water partition coefficient (Wildman–Crippen LogP) is 1.93. The molecule has 10 heavy (non-hydrogen) atoms. The van der Waals surface area contributed by atoms with E-state index >= 15 is 0 Å². The summed E-state index contributed by atoms with van der Waals surface area (Å²) in [6.45, 7) is 2.22. The third-order valence-corrected chi connectivity index (χ3v) is 2.00. The number of nitrogens with zero attached hydrogens (tertiary/aromatic N) is 1. The summed E-state index contributed by atoms with van der Waals surface area (Å²) in [5.74, 6) is 0.638. The van der Waals surface area contributed by atoms with Gasteiger partial charge >= 0.3 is 0 Å². The quantitative estimate of drug-likeness (QED) is 0.577. The van der Waals surface area contributed by atoms with Crippen LogP contribution < -0.4 is 0 Å². The number of hydrogen-bond donors (Lipinski definition) is 1. The minimum atomic E-state index is 0.638. The minimum Gasteiger partial charge on any atom is -0.278 e. The van der Waals surface area contributed by atoms with Crippen LogP contribution in [0.25, 0.3) is 6.08 Å². The van der Waals surface area contributed by atoms with Crippen LogP contribution in [0, 0.1) is 0 Å². The van der Waals surface area contributed by atoms with Gasteiger partial charge in [-0.1, -0.05) is 13.0 Å². The van der Waals surface area contributed by atoms with Gasteiger partial charge in [0.1, 0.15) is 0 Å². The lowest BCUT2D eigenvalue weighted by Crippen LogP contribution is -1.96. The molecule has 0 saturated carbocycles. The Balaban J connectivity index is 2.52. The molecule has 1 aliphatic carbocycles. The fourth-order valence-corrected chi connectivity index (χ4v) is 1.35. The zero-order valence-electron chi connectivity index (χ0n) is 5.96. The largest absolute Gasteiger partial charge is 0.278 e. The number of allylic oxidation sites excluding steroid dienone is 1. The van der Waals surface area contributed by atoms with E-state index in [4.69, 9.17) is 0 Å². The number of aromatic amines is 1. The second kappa shape index (κ2) is 1.97. The van der Waals surface area contributed by atoms with Crippen molar-refractivity contribution in [2.45, 2.75) is 19.3 Å². The van der Waals surface area contributed by atoms with E-state index in [1.165, 1.54) is 11.3 Å². The van der Waals surface area contributed by atoms with Crippen molar-refractivity contribution in [1.29, 1.82) is 0 Å². The van der Waals surface area contributed by atoms with E-state index < -0.39 is 0 Å². The number of aromatic nitrogens is 2. The van der Waals surface area contributed by atoms with E-state index in [1.807, 2.05) is 6.20 Å². The van der Waals surface area contributed by atoms with Gasteiger partial charge in [0.25, 0.3) is 0 Å². The van der Waals surface area contributed by atoms with E-state index in [2.05, 4.69) is 29.3 Å². The molecule has 2 nitrogen and oxygen atoms in total. The molecule has 1 aliphatic rings. The molecule has 0 bridgehead atoms. The van der Waals surface area contributed by atoms with Crippen molar-refractivity contribution in [2.24, 2.45) is 0 Å². The minimum absolute atomic E-state index is 0.638. The van der Waals surface area contributed by atoms with E-state index in [1.54, 1.807) is 0 Å². The molecule has 1 unspecified atom stereocenters. The Morgan fingerprint density at radius 3 is 3.40 bits per heavy atom. The first-order valence-corrected chi connectivity index (χ1v) is 3.58. The molecule has 1 aromatic rings. The first-order chi connectivity index (χ1) is 4.88. The van der Waals surface area contributed by atoms with E-state index in [0.717, 1.165) is 6.42 Å². The van der Waals surface area contributed by atoms with Crippen LogP contribution in [0.3, 0.4) is 0 Å². The monoisotopic (exact) mass is 134 g/mol. The van der Waals surface area contributed by atoms with Crippen LogP contribution >= 0.6 is 0 Å². The van der Waals surface area contributed by atoms with E-state index in [9.17, 15) is 0 Å². The fraction of sp³-hybridized carbons (Fsp3) is 0.375. The fourth-order valence-electron chi connectivity index (χ4n) is 1.35. The lowest BCUT2D eigenvalue weighted by Gasteiger charge is -2.11. The van der Waals surface area contributed by atoms with E-state index in [-0.39, 0.29) is 0 Å². The standard InChI is InChI=1S/C8H10N2/c1-6-3-2-4-8-7(6)5-9-10-8/h2,4-6H,3H2,1H3,(H,9,10). The molecule has 0 aliphatic heterocycles. The van der Waals surface area contributed by atoms with Crippen molar-refractivity contribution >= 4 is 6.08 Å². The first-order valence-electron chi connectivity index (χ1n) is 3.58. The summed E-state index contributed by atoms with van der Waals surface area (Å²) in [6, 6.07) is 0. The summed E-state index contributed by atoms with van der Waals surface area (Å²) in [6.07, 6.45) is 7.35. The molecular weight excluding hydrogens is 124 g/mol. The highest BCUT2D eigenvalue weighted by Crippen LogP contribution is 2.26. The van der Waals surface area contributed by atoms with Crippen LogP contribution in [-0.4, -0.2) is 10.2 Å². The lowest BCUT2D eigenvalue weighted by atomic mass is 9.94. The summed E-state index contributed by atoms with van der Waals surface area (Å²) >= 11 is 0. The average molecular weight is 134 g/mol. The van der Waals surface area contributed by atoms with Gasteiger partial charge in [0.15, 0.2) is 0 Å². The number of hydrogen-bond acceptors (Lipinski definition) is 1. The van der Waals surface area contributed by atoms with Crippen molar-refractivity contribution in [2.75, 3.05) is 0 Å². The molecule has 1 aromatic heterocycles. The Kier molecular flexibility index (Phi) is 1.13. The van der Waals surface area contributed by atoms with Gasteiger partial charge in [0, 0.05) is 5.56 Å². The van der Waals surface area contributed by atoms with Crippen LogP contribution in [0.5, 0.6) is 0 Å². The van der Waals surface area contributed by atoms with Crippen LogP contribution in [0.4, 0.5) is 0 Å². The molecule has 0 amide bonds. The SMILES string of the molecule is CC1CC=Cc2[nH]ncc21. The van der Waals surface area contributed by atoms with Crippen LogP contribution in [0.2, 0.25) is 0 Å². The van der Waals surface area contributed by atoms with Gasteiger partial charge in [0.2, 0.25) is 0 Å². The highest BCUT2D eigenvalue weighted by Gasteiger charge is 2.12. The molecular formula is C8H10N2. The summed E-state index contributed by atoms with van der Waals surface area (Å²) in [5, 5.41) is 6.93. The summed E-state index contributed by atoms with van der Waals surface area (Å²) in [4.78, 5) is 0. The Labute approximate surface area is 60.0 Å². The van der Waals surface area contributed by atoms with Crippen molar-refractivity contribution in [3.05, 3.63) is 23.5 Å². The molecule has 0 spiro atoms. The van der Waals surface area contributed by atoms with Crippen molar-refractivity contribution in [3.63, 3.8) is 0 Å². The number of fused-ring (bicyclic) bond motifs is 1. The zero-order chi connectivity index (χ0) is 6.97. The topological polar surface area (TPSA) is 28.7 Å². The molecule has 0 fully saturated rings. The summed E-state index contributed by atoms with van der Waals surface area (Å²) < 4.78 is 0. The second-order valence-corrected chi connectivity index (χ2v) is 2.78. The number of H-pyrrole nitrogens is 1. The molecule has 1 atom stereocenters. The first kappa shape index (κ1) is 5.71. The molecule has 2 heteroatoms. The van der Waals surface area contributed by atoms with E-state index in [0.29, 0.717) is 5.92 Å². The predicted molar refractivity (Wildman–Crippen MR) is 40.7 cm³/mol. The Morgan fingerprint density at radius 1 is 1.70 bits per heavy atom. The van der Waals surface area contributed by atoms with Crippen molar-refractivity contribution < 1.29 is 0 Å². The lowest BCUT2D eigenvalue weighted by molar-refractivity contribution is 0.772. The molecule has 0 saturated heterocycles. The summed E-state index contributed by atoms with van der Waals surface area (Å²) in [5.41, 5.74) is 2.53. The van der Waals surface area contributed by atoms with Crippen LogP contribution in [0.1, 0.15) is 30.5 Å². The third-order valence-electron chi connectivity index (χ3n) is 2.00. The maximum atomic E-state index is 3.98. The Bertz CT molecular complexity index is 260. The van der Waals surface area contributed by atoms with Crippen molar-refractivity contribution in [1.82, 2.24) is 10.2 Å². The Morgan fingerprint density at radius 2 is 2.60 bits per heavy atom. The zero-order valence-corrected chi connectivity index (χ0v) is 5.96. The normalized spacial score (nSPS) is 22.7. The van der Waals surface area contributed by atoms with Crippen LogP contribution in [0.15, 0.2) is 12.3 Å². The highest BCUT2D eigenvalue weighted by atomic mass is 15.1. The molecule has 1 N–H and O–H groups in total. The molecule has 1 heterocycles. The molecule has 52 valence electrons. The smallest absolute Gasteiger partial charge is 0.0609 e. The molecule has 0 radical (unpaired) electrons. The van der Waals surface area contributed by atoms with Crippen LogP contribution in [-0.2, 0) is 0 Å². The summed E-state index contributed by atoms with van der Waals surface area (Å²) in [7, 11) is 0. The number of nitrogens with one attached hydrogen (secondary N) is 1. The average Bonchev–Trinajstić information content (AvgIpc) is 2.36. The maximum absolute atomic E-state index is 3.98. The third kappa shape index (κ3) is 0.685. The maximum Gasteiger partial charge on any atom is 0.0609 e. The molecule has 0 aromatic carbocycles. The van der Waals surface area contributed by atoms with Gasteiger partial charge in [-0.2, -0.15) is 5.10 Å². The van der Waals surface area contributed by atoms with Crippen molar-refractivity contribution in [3.8, 4) is 0 Å². The van der Waals surface area contributed by atoms with Gasteiger partial charge in [-0.05, 0) is 18.4 Å². The number of rotatable bonds is 0. The molecule has 2 rings (SSSR count). The van der Waals surface area contributed by atoms with Gasteiger partial charge in [-0.25, -0.2) is 0 Å². The highest BCUT2D eigenvalue weighted by molar-refractivity contribution is 5.52. The van der Waals surface area contributed by atoms with Gasteiger partial charge in [0.05, 0.1) is 11.9 Å². The van der Waals surface area contributed by atoms with Gasteiger partial charge < -0.3 is 0 Å². The van der Waals surface area contributed by atoms with Gasteiger partial charge in [-0.15, -0.1) is 0 Å². The Hall–Kier alpha value is -1.05. The van der Waals surface area contributed by atoms with Gasteiger partial charge in [-0.3, -0.25) is 5.10 Å². The second-order valence-electron chi connectivity index (χ2n) is 2.78.